The first kappa shape index (κ1) is 18.4. The van der Waals surface area contributed by atoms with Crippen molar-refractivity contribution in [2.24, 2.45) is 5.10 Å². The van der Waals surface area contributed by atoms with Crippen molar-refractivity contribution in [3.63, 3.8) is 0 Å². The van der Waals surface area contributed by atoms with Gasteiger partial charge in [-0.2, -0.15) is 15.2 Å². The number of nitrogens with one attached hydrogen (secondary N) is 2. The zero-order valence-corrected chi connectivity index (χ0v) is 15.7. The van der Waals surface area contributed by atoms with Crippen molar-refractivity contribution in [1.29, 1.82) is 0 Å². The minimum atomic E-state index is -0.385. The molecule has 0 radical (unpaired) electrons. The fourth-order valence-electron chi connectivity index (χ4n) is 2.31. The Morgan fingerprint density at radius 2 is 1.96 bits per heavy atom. The molecule has 1 aliphatic rings. The first-order chi connectivity index (χ1) is 12.3. The van der Waals surface area contributed by atoms with Gasteiger partial charge < -0.3 is 5.32 Å². The molecule has 1 aromatic heterocycles. The Hall–Kier alpha value is -2.35. The molecule has 2 amide bonds. The standard InChI is InChI=1S/C16H12Cl3N5O2/c1-7(2)16(26)21-15-9(6-20-22-15)12-5-13(25)24(23-12)14-10(18)3-8(17)4-11(14)19/h3-4,6H,1,5H2,2H3,(H2,20,21,22,26). The molecule has 10 heteroatoms. The summed E-state index contributed by atoms with van der Waals surface area (Å²) in [5, 5.41) is 15.4. The molecule has 0 unspecified atom stereocenters. The van der Waals surface area contributed by atoms with Gasteiger partial charge in [-0.15, -0.1) is 0 Å². The molecule has 2 heterocycles. The van der Waals surface area contributed by atoms with Gasteiger partial charge in [-0.1, -0.05) is 41.4 Å². The van der Waals surface area contributed by atoms with E-state index in [1.165, 1.54) is 18.3 Å². The van der Waals surface area contributed by atoms with Crippen LogP contribution in [-0.2, 0) is 9.59 Å². The van der Waals surface area contributed by atoms with Crippen LogP contribution in [0.3, 0.4) is 0 Å². The number of aromatic nitrogens is 2. The highest BCUT2D eigenvalue weighted by Crippen LogP contribution is 2.39. The Labute approximate surface area is 163 Å². The van der Waals surface area contributed by atoms with Crippen molar-refractivity contribution >= 4 is 63.8 Å². The Morgan fingerprint density at radius 1 is 1.31 bits per heavy atom. The highest BCUT2D eigenvalue weighted by Gasteiger charge is 2.31. The van der Waals surface area contributed by atoms with Crippen molar-refractivity contribution in [3.05, 3.63) is 51.1 Å². The zero-order valence-electron chi connectivity index (χ0n) is 13.4. The molecule has 0 bridgehead atoms. The molecule has 7 nitrogen and oxygen atoms in total. The van der Waals surface area contributed by atoms with Gasteiger partial charge in [0.05, 0.1) is 27.7 Å². The van der Waals surface area contributed by atoms with E-state index in [0.717, 1.165) is 5.01 Å². The quantitative estimate of drug-likeness (QED) is 0.743. The zero-order chi connectivity index (χ0) is 19.0. The molecule has 1 aliphatic heterocycles. The van der Waals surface area contributed by atoms with Gasteiger partial charge in [-0.05, 0) is 19.1 Å². The number of anilines is 2. The summed E-state index contributed by atoms with van der Waals surface area (Å²) in [6, 6.07) is 2.95. The molecule has 0 saturated carbocycles. The molecule has 0 saturated heterocycles. The summed E-state index contributed by atoms with van der Waals surface area (Å²) < 4.78 is 0. The Kier molecular flexibility index (Phi) is 5.04. The van der Waals surface area contributed by atoms with Crippen LogP contribution in [0.1, 0.15) is 18.9 Å². The summed E-state index contributed by atoms with van der Waals surface area (Å²) in [5.41, 5.74) is 1.46. The highest BCUT2D eigenvalue weighted by molar-refractivity contribution is 6.42. The average Bonchev–Trinajstić information content (AvgIpc) is 3.13. The summed E-state index contributed by atoms with van der Waals surface area (Å²) in [5.74, 6) is -0.465. The van der Waals surface area contributed by atoms with E-state index in [1.807, 2.05) is 0 Å². The number of aromatic amines is 1. The van der Waals surface area contributed by atoms with Crippen molar-refractivity contribution in [2.45, 2.75) is 13.3 Å². The smallest absolute Gasteiger partial charge is 0.253 e. The molecule has 0 spiro atoms. The van der Waals surface area contributed by atoms with Crippen LogP contribution in [0.2, 0.25) is 15.1 Å². The number of H-pyrrole nitrogens is 1. The average molecular weight is 413 g/mol. The minimum absolute atomic E-state index is 0.00917. The van der Waals surface area contributed by atoms with Gasteiger partial charge >= 0.3 is 0 Å². The third kappa shape index (κ3) is 3.46. The molecular formula is C16H12Cl3N5O2. The third-order valence-electron chi connectivity index (χ3n) is 3.54. The summed E-state index contributed by atoms with van der Waals surface area (Å²) in [7, 11) is 0. The molecule has 0 atom stereocenters. The van der Waals surface area contributed by atoms with E-state index in [0.29, 0.717) is 21.9 Å². The number of amides is 2. The van der Waals surface area contributed by atoms with Crippen LogP contribution in [0, 0.1) is 0 Å². The van der Waals surface area contributed by atoms with Gasteiger partial charge in [0.15, 0.2) is 5.82 Å². The van der Waals surface area contributed by atoms with Crippen LogP contribution in [-0.4, -0.2) is 27.7 Å². The van der Waals surface area contributed by atoms with E-state index in [4.69, 9.17) is 34.8 Å². The lowest BCUT2D eigenvalue weighted by Gasteiger charge is -2.15. The topological polar surface area (TPSA) is 90.4 Å². The largest absolute Gasteiger partial charge is 0.305 e. The lowest BCUT2D eigenvalue weighted by molar-refractivity contribution is -0.117. The van der Waals surface area contributed by atoms with Crippen LogP contribution in [0.4, 0.5) is 11.5 Å². The summed E-state index contributed by atoms with van der Waals surface area (Å²) in [6.07, 6.45) is 1.53. The Morgan fingerprint density at radius 3 is 2.58 bits per heavy atom. The van der Waals surface area contributed by atoms with Crippen LogP contribution in [0.25, 0.3) is 0 Å². The van der Waals surface area contributed by atoms with Crippen LogP contribution in [0.15, 0.2) is 35.6 Å². The van der Waals surface area contributed by atoms with E-state index < -0.39 is 0 Å². The normalized spacial score (nSPS) is 13.8. The number of halogens is 3. The van der Waals surface area contributed by atoms with E-state index in [9.17, 15) is 9.59 Å². The molecule has 2 aromatic rings. The van der Waals surface area contributed by atoms with E-state index in [-0.39, 0.29) is 39.8 Å². The maximum atomic E-state index is 12.4. The second-order valence-corrected chi connectivity index (χ2v) is 6.78. The van der Waals surface area contributed by atoms with Gasteiger partial charge in [0.2, 0.25) is 0 Å². The number of hydrogen-bond donors (Lipinski definition) is 2. The maximum Gasteiger partial charge on any atom is 0.253 e. The number of rotatable bonds is 4. The van der Waals surface area contributed by atoms with Gasteiger partial charge in [-0.25, -0.2) is 0 Å². The van der Waals surface area contributed by atoms with Crippen LogP contribution in [0.5, 0.6) is 0 Å². The predicted molar refractivity (Wildman–Crippen MR) is 102 cm³/mol. The van der Waals surface area contributed by atoms with Gasteiger partial charge in [0.1, 0.15) is 5.69 Å². The number of hydrogen-bond acceptors (Lipinski definition) is 4. The second kappa shape index (κ2) is 7.11. The summed E-state index contributed by atoms with van der Waals surface area (Å²) in [4.78, 5) is 24.3. The van der Waals surface area contributed by atoms with Crippen molar-refractivity contribution in [2.75, 3.05) is 10.3 Å². The maximum absolute atomic E-state index is 12.4. The fourth-order valence-corrected chi connectivity index (χ4v) is 3.29. The van der Waals surface area contributed by atoms with Crippen molar-refractivity contribution in [1.82, 2.24) is 10.2 Å². The molecular weight excluding hydrogens is 401 g/mol. The Bertz CT molecular complexity index is 944. The van der Waals surface area contributed by atoms with E-state index >= 15 is 0 Å². The SMILES string of the molecule is C=C(C)C(=O)Nc1n[nH]cc1C1=NN(c2c(Cl)cc(Cl)cc2Cl)C(=O)C1. The molecule has 3 rings (SSSR count). The second-order valence-electron chi connectivity index (χ2n) is 5.53. The van der Waals surface area contributed by atoms with Crippen molar-refractivity contribution in [3.8, 4) is 0 Å². The fraction of sp³-hybridized carbons (Fsp3) is 0.125. The number of hydrazone groups is 1. The minimum Gasteiger partial charge on any atom is -0.305 e. The predicted octanol–water partition coefficient (Wildman–Crippen LogP) is 4.03. The number of carbonyl (C=O) groups is 2. The highest BCUT2D eigenvalue weighted by atomic mass is 35.5. The summed E-state index contributed by atoms with van der Waals surface area (Å²) >= 11 is 18.2. The molecule has 1 aromatic carbocycles. The lowest BCUT2D eigenvalue weighted by atomic mass is 10.1. The van der Waals surface area contributed by atoms with Crippen LogP contribution < -0.4 is 10.3 Å². The number of carbonyl (C=O) groups excluding carboxylic acids is 2. The first-order valence-electron chi connectivity index (χ1n) is 7.34. The van der Waals surface area contributed by atoms with Crippen LogP contribution >= 0.6 is 34.8 Å². The molecule has 2 N–H and O–H groups in total. The van der Waals surface area contributed by atoms with Gasteiger partial charge in [0, 0.05) is 16.8 Å². The molecule has 26 heavy (non-hydrogen) atoms. The lowest BCUT2D eigenvalue weighted by Crippen LogP contribution is -2.20. The van der Waals surface area contributed by atoms with Gasteiger partial charge in [0.25, 0.3) is 11.8 Å². The van der Waals surface area contributed by atoms with E-state index in [1.54, 1.807) is 6.92 Å². The van der Waals surface area contributed by atoms with Crippen molar-refractivity contribution < 1.29 is 9.59 Å². The van der Waals surface area contributed by atoms with E-state index in [2.05, 4.69) is 27.2 Å². The summed E-state index contributed by atoms with van der Waals surface area (Å²) in [6.45, 7) is 5.14. The van der Waals surface area contributed by atoms with Gasteiger partial charge in [-0.3, -0.25) is 14.7 Å². The molecule has 134 valence electrons. The monoisotopic (exact) mass is 411 g/mol. The Balaban J connectivity index is 1.97. The molecule has 0 aliphatic carbocycles. The third-order valence-corrected chi connectivity index (χ3v) is 4.33. The number of benzene rings is 1. The number of nitrogens with zero attached hydrogens (tertiary/aromatic N) is 3. The first-order valence-corrected chi connectivity index (χ1v) is 8.47. The molecule has 0 fully saturated rings.